The number of thioether (sulfide) groups is 1. The molecule has 0 atom stereocenters. The van der Waals surface area contributed by atoms with E-state index in [0.717, 1.165) is 18.2 Å². The van der Waals surface area contributed by atoms with Gasteiger partial charge >= 0.3 is 0 Å². The number of nitrogens with two attached hydrogens (primary N) is 1. The van der Waals surface area contributed by atoms with E-state index in [9.17, 15) is 14.9 Å². The number of para-hydroxylation sites is 1. The van der Waals surface area contributed by atoms with Gasteiger partial charge in [0, 0.05) is 23.7 Å². The van der Waals surface area contributed by atoms with Crippen molar-refractivity contribution in [2.45, 2.75) is 18.0 Å². The Morgan fingerprint density at radius 2 is 2.10 bits per heavy atom. The number of amides is 2. The third-order valence-corrected chi connectivity index (χ3v) is 6.91. The van der Waals surface area contributed by atoms with Crippen LogP contribution in [0.3, 0.4) is 0 Å². The van der Waals surface area contributed by atoms with Crippen molar-refractivity contribution >= 4 is 46.4 Å². The molecule has 0 aliphatic carbocycles. The molecule has 7 nitrogen and oxygen atoms in total. The van der Waals surface area contributed by atoms with E-state index >= 15 is 0 Å². The highest BCUT2D eigenvalue weighted by Crippen LogP contribution is 2.27. The van der Waals surface area contributed by atoms with Crippen LogP contribution in [0.5, 0.6) is 0 Å². The van der Waals surface area contributed by atoms with E-state index in [2.05, 4.69) is 27.8 Å². The number of nitrogens with zero attached hydrogens (tertiary/aromatic N) is 3. The molecule has 2 amide bonds. The van der Waals surface area contributed by atoms with E-state index < -0.39 is 5.91 Å². The van der Waals surface area contributed by atoms with E-state index in [4.69, 9.17) is 5.73 Å². The molecular weight excluding hydrogens is 430 g/mol. The number of nitrogens with one attached hydrogen (secondary N) is 1. The number of benzene rings is 1. The summed E-state index contributed by atoms with van der Waals surface area (Å²) < 4.78 is 0. The van der Waals surface area contributed by atoms with Gasteiger partial charge in [-0.2, -0.15) is 5.26 Å². The fraction of sp³-hybridized carbons (Fsp3) is 0.182. The van der Waals surface area contributed by atoms with E-state index in [1.54, 1.807) is 35.6 Å². The van der Waals surface area contributed by atoms with Crippen molar-refractivity contribution in [3.8, 4) is 6.07 Å². The minimum absolute atomic E-state index is 0.0167. The molecule has 0 saturated heterocycles. The molecule has 31 heavy (non-hydrogen) atoms. The number of aromatic nitrogens is 1. The number of pyridine rings is 1. The first-order valence-electron chi connectivity index (χ1n) is 9.58. The predicted molar refractivity (Wildman–Crippen MR) is 122 cm³/mol. The Hall–Kier alpha value is -3.35. The maximum absolute atomic E-state index is 12.7. The lowest BCUT2D eigenvalue weighted by Gasteiger charge is -2.26. The summed E-state index contributed by atoms with van der Waals surface area (Å²) in [4.78, 5) is 32.6. The van der Waals surface area contributed by atoms with E-state index in [0.29, 0.717) is 23.8 Å². The van der Waals surface area contributed by atoms with E-state index in [-0.39, 0.29) is 28.6 Å². The zero-order chi connectivity index (χ0) is 21.8. The summed E-state index contributed by atoms with van der Waals surface area (Å²) >= 11 is 2.89. The van der Waals surface area contributed by atoms with Crippen molar-refractivity contribution in [3.05, 3.63) is 69.4 Å². The number of nitrogen functional groups attached to an aromatic ring is 1. The van der Waals surface area contributed by atoms with Gasteiger partial charge in [-0.25, -0.2) is 4.98 Å². The molecule has 0 unspecified atom stereocenters. The van der Waals surface area contributed by atoms with Gasteiger partial charge < -0.3 is 16.0 Å². The monoisotopic (exact) mass is 449 g/mol. The number of hydrogen-bond donors (Lipinski definition) is 2. The molecule has 0 fully saturated rings. The fourth-order valence-corrected chi connectivity index (χ4v) is 5.04. The van der Waals surface area contributed by atoms with Crippen LogP contribution in [-0.4, -0.2) is 34.0 Å². The van der Waals surface area contributed by atoms with Gasteiger partial charge in [0.25, 0.3) is 5.91 Å². The fourth-order valence-electron chi connectivity index (χ4n) is 3.28. The van der Waals surface area contributed by atoms with Gasteiger partial charge in [-0.05, 0) is 41.6 Å². The Labute approximate surface area is 187 Å². The highest BCUT2D eigenvalue weighted by atomic mass is 32.2. The van der Waals surface area contributed by atoms with Crippen LogP contribution in [0.2, 0.25) is 0 Å². The lowest BCUT2D eigenvalue weighted by atomic mass is 10.1. The minimum Gasteiger partial charge on any atom is -0.383 e. The molecule has 0 bridgehead atoms. The summed E-state index contributed by atoms with van der Waals surface area (Å²) in [6, 6.07) is 14.5. The summed E-state index contributed by atoms with van der Waals surface area (Å²) in [7, 11) is 0. The molecule has 156 valence electrons. The summed E-state index contributed by atoms with van der Waals surface area (Å²) in [6.45, 7) is 1.30. The second kappa shape index (κ2) is 9.20. The summed E-state index contributed by atoms with van der Waals surface area (Å²) in [6.07, 6.45) is 0.864. The first-order chi connectivity index (χ1) is 15.0. The van der Waals surface area contributed by atoms with Crippen LogP contribution in [0.4, 0.5) is 11.5 Å². The lowest BCUT2D eigenvalue weighted by molar-refractivity contribution is -0.129. The third kappa shape index (κ3) is 4.71. The lowest BCUT2D eigenvalue weighted by Crippen LogP contribution is -2.36. The molecular formula is C22H19N5O2S2. The molecule has 9 heteroatoms. The molecule has 0 radical (unpaired) electrons. The second-order valence-electron chi connectivity index (χ2n) is 6.93. The van der Waals surface area contributed by atoms with Gasteiger partial charge in [0.05, 0.1) is 16.9 Å². The highest BCUT2D eigenvalue weighted by Gasteiger charge is 2.23. The summed E-state index contributed by atoms with van der Waals surface area (Å²) in [5.74, 6) is -0.295. The van der Waals surface area contributed by atoms with Crippen molar-refractivity contribution in [1.82, 2.24) is 9.88 Å². The Bertz CT molecular complexity index is 1170. The van der Waals surface area contributed by atoms with E-state index in [1.165, 1.54) is 16.5 Å². The average molecular weight is 450 g/mol. The number of rotatable bonds is 5. The van der Waals surface area contributed by atoms with Crippen molar-refractivity contribution in [3.63, 3.8) is 0 Å². The van der Waals surface area contributed by atoms with Crippen LogP contribution in [0.1, 0.15) is 26.4 Å². The smallest absolute Gasteiger partial charge is 0.259 e. The van der Waals surface area contributed by atoms with Crippen LogP contribution in [-0.2, 0) is 17.8 Å². The maximum atomic E-state index is 12.7. The number of carbonyl (C=O) groups excluding carboxylic acids is 2. The normalized spacial score (nSPS) is 12.7. The Morgan fingerprint density at radius 3 is 2.87 bits per heavy atom. The van der Waals surface area contributed by atoms with Gasteiger partial charge in [-0.3, -0.25) is 9.59 Å². The number of fused-ring (bicyclic) bond motifs is 1. The summed E-state index contributed by atoms with van der Waals surface area (Å²) in [5.41, 5.74) is 8.15. The molecule has 1 aliphatic rings. The molecule has 3 heterocycles. The van der Waals surface area contributed by atoms with Gasteiger partial charge in [0.1, 0.15) is 16.9 Å². The second-order valence-corrected chi connectivity index (χ2v) is 8.89. The number of carbonyl (C=O) groups is 2. The van der Waals surface area contributed by atoms with Crippen molar-refractivity contribution in [2.75, 3.05) is 23.3 Å². The molecule has 1 aliphatic heterocycles. The van der Waals surface area contributed by atoms with Crippen LogP contribution in [0.25, 0.3) is 0 Å². The van der Waals surface area contributed by atoms with Gasteiger partial charge in [-0.1, -0.05) is 30.0 Å². The van der Waals surface area contributed by atoms with Crippen LogP contribution >= 0.6 is 23.1 Å². The Kier molecular flexibility index (Phi) is 6.21. The largest absolute Gasteiger partial charge is 0.383 e. The van der Waals surface area contributed by atoms with Crippen molar-refractivity contribution in [2.24, 2.45) is 0 Å². The summed E-state index contributed by atoms with van der Waals surface area (Å²) in [5, 5.41) is 14.7. The number of hydrogen-bond acceptors (Lipinski definition) is 7. The van der Waals surface area contributed by atoms with E-state index in [1.807, 2.05) is 11.0 Å². The number of anilines is 2. The SMILES string of the molecule is N#Cc1cc(C(=O)Nc2ccccc2)c(N)nc1SCC(=O)N1CCc2sccc2C1. The topological polar surface area (TPSA) is 112 Å². The molecule has 0 spiro atoms. The molecule has 3 aromatic rings. The van der Waals surface area contributed by atoms with Gasteiger partial charge in [0.2, 0.25) is 5.91 Å². The number of nitriles is 1. The molecule has 4 rings (SSSR count). The zero-order valence-electron chi connectivity index (χ0n) is 16.5. The maximum Gasteiger partial charge on any atom is 0.259 e. The first kappa shape index (κ1) is 20.9. The molecule has 1 aromatic carbocycles. The first-order valence-corrected chi connectivity index (χ1v) is 11.4. The highest BCUT2D eigenvalue weighted by molar-refractivity contribution is 8.00. The van der Waals surface area contributed by atoms with Crippen LogP contribution in [0.15, 0.2) is 52.9 Å². The zero-order valence-corrected chi connectivity index (χ0v) is 18.1. The van der Waals surface area contributed by atoms with Crippen molar-refractivity contribution < 1.29 is 9.59 Å². The van der Waals surface area contributed by atoms with Gasteiger partial charge in [-0.15, -0.1) is 11.3 Å². The third-order valence-electron chi connectivity index (χ3n) is 4.91. The molecule has 3 N–H and O–H groups in total. The van der Waals surface area contributed by atoms with Gasteiger partial charge in [0.15, 0.2) is 0 Å². The minimum atomic E-state index is -0.444. The quantitative estimate of drug-likeness (QED) is 0.577. The standard InChI is InChI=1S/C22H19N5O2S2/c23-11-15-10-17(21(29)25-16-4-2-1-3-5-16)20(24)26-22(15)31-13-19(28)27-8-6-18-14(12-27)7-9-30-18/h1-5,7,9-10H,6,8,12-13H2,(H2,24,26)(H,25,29). The van der Waals surface area contributed by atoms with Crippen LogP contribution in [0, 0.1) is 11.3 Å². The average Bonchev–Trinajstić information content (AvgIpc) is 3.26. The number of thiophene rings is 1. The Morgan fingerprint density at radius 1 is 1.29 bits per heavy atom. The van der Waals surface area contributed by atoms with Crippen molar-refractivity contribution in [1.29, 1.82) is 5.26 Å². The molecule has 0 saturated carbocycles. The molecule has 2 aromatic heterocycles. The predicted octanol–water partition coefficient (Wildman–Crippen LogP) is 3.53. The van der Waals surface area contributed by atoms with Crippen LogP contribution < -0.4 is 11.1 Å². The Balaban J connectivity index is 1.44.